The lowest BCUT2D eigenvalue weighted by Crippen LogP contribution is -2.07. The maximum Gasteiger partial charge on any atom is 0.311 e. The lowest BCUT2D eigenvalue weighted by molar-refractivity contribution is -0.134. The van der Waals surface area contributed by atoms with Crippen LogP contribution in [0.5, 0.6) is 11.5 Å². The van der Waals surface area contributed by atoms with Crippen molar-refractivity contribution in [3.8, 4) is 34.0 Å². The highest BCUT2D eigenvalue weighted by molar-refractivity contribution is 5.73. The smallest absolute Gasteiger partial charge is 0.311 e. The number of hydrogen-bond donors (Lipinski definition) is 0. The minimum atomic E-state index is -0.174. The van der Waals surface area contributed by atoms with Crippen LogP contribution in [0.2, 0.25) is 0 Å². The van der Waals surface area contributed by atoms with Crippen LogP contribution < -0.4 is 9.47 Å². The zero-order valence-corrected chi connectivity index (χ0v) is 21.3. The van der Waals surface area contributed by atoms with Gasteiger partial charge in [0.1, 0.15) is 11.5 Å². The minimum absolute atomic E-state index is 0.174. The van der Waals surface area contributed by atoms with Gasteiger partial charge in [-0.2, -0.15) is 0 Å². The number of nitrogens with zero attached hydrogens (tertiary/aromatic N) is 2. The van der Waals surface area contributed by atoms with Crippen LogP contribution >= 0.6 is 0 Å². The molecule has 1 unspecified atom stereocenters. The van der Waals surface area contributed by atoms with E-state index in [1.807, 2.05) is 60.9 Å². The first-order chi connectivity index (χ1) is 17.1. The van der Waals surface area contributed by atoms with Gasteiger partial charge in [0.2, 0.25) is 0 Å². The third kappa shape index (κ3) is 8.82. The fraction of sp³-hybridized carbons (Fsp3) is 0.433. The Morgan fingerprint density at radius 1 is 0.800 bits per heavy atom. The Balaban J connectivity index is 1.50. The van der Waals surface area contributed by atoms with Crippen molar-refractivity contribution in [2.75, 3.05) is 6.61 Å². The molecule has 5 nitrogen and oxygen atoms in total. The highest BCUT2D eigenvalue weighted by Crippen LogP contribution is 2.24. The maximum atomic E-state index is 12.1. The molecule has 0 spiro atoms. The summed E-state index contributed by atoms with van der Waals surface area (Å²) < 4.78 is 11.3. The molecule has 3 rings (SSSR count). The number of carbonyl (C=O) groups excluding carboxylic acids is 1. The Bertz CT molecular complexity index is 1010. The molecule has 0 saturated heterocycles. The second kappa shape index (κ2) is 14.2. The van der Waals surface area contributed by atoms with E-state index in [1.54, 1.807) is 0 Å². The Kier molecular flexibility index (Phi) is 10.7. The third-order valence-electron chi connectivity index (χ3n) is 6.23. The van der Waals surface area contributed by atoms with Gasteiger partial charge in [-0.25, -0.2) is 9.97 Å². The number of ether oxygens (including phenoxy) is 2. The van der Waals surface area contributed by atoms with E-state index < -0.39 is 0 Å². The predicted octanol–water partition coefficient (Wildman–Crippen LogP) is 7.89. The van der Waals surface area contributed by atoms with Crippen LogP contribution in [0.15, 0.2) is 60.9 Å². The van der Waals surface area contributed by atoms with Crippen LogP contribution in [0.25, 0.3) is 22.5 Å². The van der Waals surface area contributed by atoms with Crippen molar-refractivity contribution >= 4 is 5.97 Å². The first-order valence-electron chi connectivity index (χ1n) is 13.0. The monoisotopic (exact) mass is 474 g/mol. The number of unbranched alkanes of at least 4 members (excludes halogenated alkanes) is 3. The molecule has 1 aromatic heterocycles. The number of esters is 1. The quantitative estimate of drug-likeness (QED) is 0.135. The van der Waals surface area contributed by atoms with Crippen molar-refractivity contribution in [2.24, 2.45) is 5.92 Å². The average molecular weight is 475 g/mol. The highest BCUT2D eigenvalue weighted by atomic mass is 16.5. The SMILES string of the molecule is CCCCCOc1ccc(-c2ncc(-c3ccc(OC(=O)CCCCC(C)CC)cc3)cn2)cc1. The molecule has 5 heteroatoms. The van der Waals surface area contributed by atoms with E-state index in [9.17, 15) is 4.79 Å². The molecule has 0 bridgehead atoms. The second-order valence-electron chi connectivity index (χ2n) is 9.13. The Labute approximate surface area is 209 Å². The minimum Gasteiger partial charge on any atom is -0.494 e. The molecule has 0 aliphatic heterocycles. The first-order valence-corrected chi connectivity index (χ1v) is 13.0. The van der Waals surface area contributed by atoms with Crippen molar-refractivity contribution in [1.82, 2.24) is 9.97 Å². The van der Waals surface area contributed by atoms with Gasteiger partial charge < -0.3 is 9.47 Å². The molecule has 0 radical (unpaired) electrons. The number of hydrogen-bond acceptors (Lipinski definition) is 5. The van der Waals surface area contributed by atoms with Gasteiger partial charge in [0.15, 0.2) is 5.82 Å². The molecule has 0 amide bonds. The molecule has 1 atom stereocenters. The summed E-state index contributed by atoms with van der Waals surface area (Å²) >= 11 is 0. The normalized spacial score (nSPS) is 11.7. The molecule has 3 aromatic rings. The van der Waals surface area contributed by atoms with Crippen LogP contribution in [0.1, 0.15) is 72.1 Å². The molecular weight excluding hydrogens is 436 g/mol. The van der Waals surface area contributed by atoms with Crippen LogP contribution in [0, 0.1) is 5.92 Å². The van der Waals surface area contributed by atoms with Gasteiger partial charge in [-0.15, -0.1) is 0 Å². The van der Waals surface area contributed by atoms with Crippen LogP contribution in [0.4, 0.5) is 0 Å². The predicted molar refractivity (Wildman–Crippen MR) is 141 cm³/mol. The Morgan fingerprint density at radius 3 is 2.11 bits per heavy atom. The summed E-state index contributed by atoms with van der Waals surface area (Å²) in [5.74, 6) is 2.65. The van der Waals surface area contributed by atoms with Gasteiger partial charge in [0.25, 0.3) is 0 Å². The van der Waals surface area contributed by atoms with Crippen LogP contribution in [-0.4, -0.2) is 22.5 Å². The van der Waals surface area contributed by atoms with Crippen molar-refractivity contribution in [3.05, 3.63) is 60.9 Å². The number of aromatic nitrogens is 2. The topological polar surface area (TPSA) is 61.3 Å². The Hall–Kier alpha value is -3.21. The van der Waals surface area contributed by atoms with Crippen molar-refractivity contribution in [2.45, 2.75) is 72.1 Å². The fourth-order valence-electron chi connectivity index (χ4n) is 3.73. The van der Waals surface area contributed by atoms with E-state index in [1.165, 1.54) is 19.3 Å². The molecule has 0 saturated carbocycles. The van der Waals surface area contributed by atoms with Crippen molar-refractivity contribution < 1.29 is 14.3 Å². The van der Waals surface area contributed by atoms with Crippen LogP contribution in [-0.2, 0) is 4.79 Å². The molecule has 0 aliphatic carbocycles. The zero-order chi connectivity index (χ0) is 24.9. The summed E-state index contributed by atoms with van der Waals surface area (Å²) in [5.41, 5.74) is 2.83. The van der Waals surface area contributed by atoms with Gasteiger partial charge in [0, 0.05) is 29.9 Å². The molecule has 0 N–H and O–H groups in total. The van der Waals surface area contributed by atoms with Gasteiger partial charge >= 0.3 is 5.97 Å². The van der Waals surface area contributed by atoms with Gasteiger partial charge in [-0.05, 0) is 60.7 Å². The van der Waals surface area contributed by atoms with Crippen molar-refractivity contribution in [3.63, 3.8) is 0 Å². The summed E-state index contributed by atoms with van der Waals surface area (Å²) in [6.07, 6.45) is 11.8. The number of rotatable bonds is 14. The molecule has 0 fully saturated rings. The molecule has 35 heavy (non-hydrogen) atoms. The first kappa shape index (κ1) is 26.4. The lowest BCUT2D eigenvalue weighted by Gasteiger charge is -2.08. The lowest BCUT2D eigenvalue weighted by atomic mass is 10.0. The molecule has 0 aliphatic rings. The third-order valence-corrected chi connectivity index (χ3v) is 6.23. The molecule has 1 heterocycles. The fourth-order valence-corrected chi connectivity index (χ4v) is 3.73. The van der Waals surface area contributed by atoms with E-state index in [2.05, 4.69) is 30.7 Å². The van der Waals surface area contributed by atoms with Crippen molar-refractivity contribution in [1.29, 1.82) is 0 Å². The maximum absolute atomic E-state index is 12.1. The molecule has 2 aromatic carbocycles. The molecular formula is C30H38N2O3. The second-order valence-corrected chi connectivity index (χ2v) is 9.13. The van der Waals surface area contributed by atoms with E-state index in [0.717, 1.165) is 60.6 Å². The average Bonchev–Trinajstić information content (AvgIpc) is 2.90. The van der Waals surface area contributed by atoms with Crippen LogP contribution in [0.3, 0.4) is 0 Å². The van der Waals surface area contributed by atoms with Gasteiger partial charge in [-0.1, -0.05) is 65.0 Å². The number of carbonyl (C=O) groups is 1. The van der Waals surface area contributed by atoms with E-state index in [0.29, 0.717) is 18.0 Å². The number of benzene rings is 2. The van der Waals surface area contributed by atoms with Gasteiger partial charge in [0.05, 0.1) is 6.61 Å². The summed E-state index contributed by atoms with van der Waals surface area (Å²) in [5, 5.41) is 0. The zero-order valence-electron chi connectivity index (χ0n) is 21.3. The largest absolute Gasteiger partial charge is 0.494 e. The van der Waals surface area contributed by atoms with E-state index in [4.69, 9.17) is 9.47 Å². The summed E-state index contributed by atoms with van der Waals surface area (Å²) in [7, 11) is 0. The highest BCUT2D eigenvalue weighted by Gasteiger charge is 2.08. The standard InChI is InChI=1S/C30H38N2O3/c1-4-6-9-20-34-27-16-14-25(15-17-27)30-31-21-26(22-32-30)24-12-18-28(19-13-24)35-29(33)11-8-7-10-23(3)5-2/h12-19,21-23H,4-11,20H2,1-3H3. The van der Waals surface area contributed by atoms with E-state index >= 15 is 0 Å². The van der Waals surface area contributed by atoms with Gasteiger partial charge in [-0.3, -0.25) is 4.79 Å². The summed E-state index contributed by atoms with van der Waals surface area (Å²) in [4.78, 5) is 21.2. The van der Waals surface area contributed by atoms with E-state index in [-0.39, 0.29) is 5.97 Å². The Morgan fingerprint density at radius 2 is 1.46 bits per heavy atom. The summed E-state index contributed by atoms with van der Waals surface area (Å²) in [6.45, 7) is 7.38. The molecule has 186 valence electrons. The summed E-state index contributed by atoms with van der Waals surface area (Å²) in [6, 6.07) is 15.4.